The highest BCUT2D eigenvalue weighted by Gasteiger charge is 2.13. The van der Waals surface area contributed by atoms with E-state index in [1.54, 1.807) is 12.4 Å². The van der Waals surface area contributed by atoms with E-state index in [0.29, 0.717) is 11.6 Å². The Morgan fingerprint density at radius 3 is 2.72 bits per heavy atom. The first-order chi connectivity index (χ1) is 14.0. The predicted molar refractivity (Wildman–Crippen MR) is 118 cm³/mol. The summed E-state index contributed by atoms with van der Waals surface area (Å²) in [4.78, 5) is 23.3. The van der Waals surface area contributed by atoms with E-state index in [9.17, 15) is 4.89 Å². The molecule has 0 aliphatic carbocycles. The standard InChI is InChI=1S/C21H23N6OP/c1-3-29(28)17-7-4-15(5-8-17)18-12-24-20(22)21(26-18)25-14(2)16-6-9-19-23-10-11-27(19)13-16/h4-14,28H,3H2,1-2H3,(H2,22,24)(H,25,26). The SMILES string of the molecule is CCP(O)c1ccc(-c2cnc(N)c(NC(C)c3ccc4nccn4c3)n2)cc1. The molecule has 7 nitrogen and oxygen atoms in total. The highest BCUT2D eigenvalue weighted by molar-refractivity contribution is 7.59. The van der Waals surface area contributed by atoms with Crippen LogP contribution in [0.15, 0.2) is 61.2 Å². The lowest BCUT2D eigenvalue weighted by molar-refractivity contribution is 0.635. The molecule has 0 bridgehead atoms. The van der Waals surface area contributed by atoms with Crippen molar-refractivity contribution in [3.63, 3.8) is 0 Å². The Morgan fingerprint density at radius 1 is 1.17 bits per heavy atom. The van der Waals surface area contributed by atoms with Crippen LogP contribution in [0.25, 0.3) is 16.9 Å². The number of rotatable bonds is 6. The molecule has 0 saturated carbocycles. The summed E-state index contributed by atoms with van der Waals surface area (Å²) in [5.41, 5.74) is 9.71. The maximum Gasteiger partial charge on any atom is 0.170 e. The van der Waals surface area contributed by atoms with Crippen molar-refractivity contribution >= 4 is 30.7 Å². The topological polar surface area (TPSA) is 101 Å². The average molecular weight is 406 g/mol. The summed E-state index contributed by atoms with van der Waals surface area (Å²) in [6, 6.07) is 11.8. The molecule has 0 radical (unpaired) electrons. The Labute approximate surface area is 170 Å². The second-order valence-corrected chi connectivity index (χ2v) is 8.72. The normalized spacial score (nSPS) is 13.3. The van der Waals surface area contributed by atoms with Crippen molar-refractivity contribution in [3.05, 3.63) is 66.7 Å². The summed E-state index contributed by atoms with van der Waals surface area (Å²) in [6.45, 7) is 4.03. The van der Waals surface area contributed by atoms with Gasteiger partial charge in [0.15, 0.2) is 11.6 Å². The third kappa shape index (κ3) is 4.06. The van der Waals surface area contributed by atoms with Gasteiger partial charge in [-0.15, -0.1) is 0 Å². The molecular formula is C21H23N6OP. The number of imidazole rings is 1. The zero-order chi connectivity index (χ0) is 20.4. The average Bonchev–Trinajstić information content (AvgIpc) is 3.22. The van der Waals surface area contributed by atoms with Crippen LogP contribution < -0.4 is 16.4 Å². The smallest absolute Gasteiger partial charge is 0.170 e. The molecule has 0 amide bonds. The molecule has 4 rings (SSSR count). The minimum atomic E-state index is -1.09. The molecule has 29 heavy (non-hydrogen) atoms. The van der Waals surface area contributed by atoms with Crippen molar-refractivity contribution in [2.45, 2.75) is 19.9 Å². The van der Waals surface area contributed by atoms with E-state index >= 15 is 0 Å². The zero-order valence-electron chi connectivity index (χ0n) is 16.3. The Kier molecular flexibility index (Phi) is 5.43. The predicted octanol–water partition coefficient (Wildman–Crippen LogP) is 3.58. The molecule has 148 valence electrons. The Bertz CT molecular complexity index is 1130. The van der Waals surface area contributed by atoms with Crippen molar-refractivity contribution < 1.29 is 4.89 Å². The zero-order valence-corrected chi connectivity index (χ0v) is 17.2. The van der Waals surface area contributed by atoms with Gasteiger partial charge in [0.1, 0.15) is 5.65 Å². The summed E-state index contributed by atoms with van der Waals surface area (Å²) >= 11 is 0. The van der Waals surface area contributed by atoms with Gasteiger partial charge in [0, 0.05) is 29.5 Å². The van der Waals surface area contributed by atoms with Gasteiger partial charge in [-0.2, -0.15) is 0 Å². The lowest BCUT2D eigenvalue weighted by Gasteiger charge is -2.17. The first-order valence-electron chi connectivity index (χ1n) is 9.43. The van der Waals surface area contributed by atoms with Crippen LogP contribution in [0.1, 0.15) is 25.5 Å². The number of nitrogens with one attached hydrogen (secondary N) is 1. The minimum Gasteiger partial charge on any atom is -0.381 e. The summed E-state index contributed by atoms with van der Waals surface area (Å²) < 4.78 is 1.98. The van der Waals surface area contributed by atoms with Gasteiger partial charge in [-0.3, -0.25) is 0 Å². The van der Waals surface area contributed by atoms with Gasteiger partial charge in [0.25, 0.3) is 0 Å². The number of nitrogen functional groups attached to an aromatic ring is 1. The van der Waals surface area contributed by atoms with Crippen LogP contribution in [0.2, 0.25) is 0 Å². The van der Waals surface area contributed by atoms with Gasteiger partial charge in [0.2, 0.25) is 0 Å². The van der Waals surface area contributed by atoms with Gasteiger partial charge in [-0.05, 0) is 24.7 Å². The maximum atomic E-state index is 10.0. The van der Waals surface area contributed by atoms with Crippen molar-refractivity contribution in [2.75, 3.05) is 17.2 Å². The van der Waals surface area contributed by atoms with E-state index in [4.69, 9.17) is 5.73 Å². The van der Waals surface area contributed by atoms with Crippen LogP contribution in [0, 0.1) is 0 Å². The molecule has 0 spiro atoms. The lowest BCUT2D eigenvalue weighted by atomic mass is 10.1. The lowest BCUT2D eigenvalue weighted by Crippen LogP contribution is -2.12. The quantitative estimate of drug-likeness (QED) is 0.423. The van der Waals surface area contributed by atoms with E-state index in [-0.39, 0.29) is 6.04 Å². The summed E-state index contributed by atoms with van der Waals surface area (Å²) in [6.07, 6.45) is 8.14. The molecule has 1 aromatic carbocycles. The molecule has 0 aliphatic rings. The third-order valence-electron chi connectivity index (χ3n) is 4.83. The number of aromatic nitrogens is 4. The number of benzene rings is 1. The van der Waals surface area contributed by atoms with E-state index in [1.807, 2.05) is 60.1 Å². The second-order valence-electron chi connectivity index (χ2n) is 6.77. The highest BCUT2D eigenvalue weighted by atomic mass is 31.1. The number of hydrogen-bond donors (Lipinski definition) is 3. The Hall–Kier alpha value is -3.02. The first-order valence-corrected chi connectivity index (χ1v) is 10.9. The fraction of sp³-hybridized carbons (Fsp3) is 0.190. The van der Waals surface area contributed by atoms with Crippen molar-refractivity contribution in [1.29, 1.82) is 0 Å². The molecule has 0 aliphatic heterocycles. The Morgan fingerprint density at radius 2 is 1.97 bits per heavy atom. The van der Waals surface area contributed by atoms with Gasteiger partial charge in [0.05, 0.1) is 26.1 Å². The van der Waals surface area contributed by atoms with Gasteiger partial charge in [-0.25, -0.2) is 15.0 Å². The van der Waals surface area contributed by atoms with Crippen LogP contribution >= 0.6 is 8.15 Å². The summed E-state index contributed by atoms with van der Waals surface area (Å²) in [7, 11) is -1.09. The fourth-order valence-corrected chi connectivity index (χ4v) is 3.97. The minimum absolute atomic E-state index is 0.0153. The van der Waals surface area contributed by atoms with Crippen LogP contribution in [-0.2, 0) is 0 Å². The fourth-order valence-electron chi connectivity index (χ4n) is 3.11. The van der Waals surface area contributed by atoms with Crippen molar-refractivity contribution in [2.24, 2.45) is 0 Å². The molecule has 0 fully saturated rings. The van der Waals surface area contributed by atoms with E-state index < -0.39 is 8.15 Å². The van der Waals surface area contributed by atoms with Gasteiger partial charge in [-0.1, -0.05) is 37.3 Å². The van der Waals surface area contributed by atoms with Gasteiger partial charge >= 0.3 is 0 Å². The second kappa shape index (κ2) is 8.15. The monoisotopic (exact) mass is 406 g/mol. The van der Waals surface area contributed by atoms with E-state index in [0.717, 1.165) is 33.9 Å². The number of fused-ring (bicyclic) bond motifs is 1. The maximum absolute atomic E-state index is 10.0. The summed E-state index contributed by atoms with van der Waals surface area (Å²) in [5.74, 6) is 0.897. The largest absolute Gasteiger partial charge is 0.381 e. The third-order valence-corrected chi connectivity index (χ3v) is 6.32. The summed E-state index contributed by atoms with van der Waals surface area (Å²) in [5, 5.41) is 4.32. The highest BCUT2D eigenvalue weighted by Crippen LogP contribution is 2.29. The molecule has 0 saturated heterocycles. The first kappa shape index (κ1) is 19.3. The molecule has 2 atom stereocenters. The molecular weight excluding hydrogens is 383 g/mol. The van der Waals surface area contributed by atoms with E-state index in [2.05, 4.69) is 27.2 Å². The number of nitrogens with zero attached hydrogens (tertiary/aromatic N) is 4. The number of pyridine rings is 1. The van der Waals surface area contributed by atoms with Crippen molar-refractivity contribution in [1.82, 2.24) is 19.4 Å². The number of hydrogen-bond acceptors (Lipinski definition) is 6. The van der Waals surface area contributed by atoms with Crippen LogP contribution in [-0.4, -0.2) is 30.4 Å². The molecule has 4 N–H and O–H groups in total. The van der Waals surface area contributed by atoms with Crippen molar-refractivity contribution in [3.8, 4) is 11.3 Å². The molecule has 3 aromatic heterocycles. The molecule has 3 heterocycles. The van der Waals surface area contributed by atoms with Crippen LogP contribution in [0.5, 0.6) is 0 Å². The number of nitrogens with two attached hydrogens (primary N) is 1. The molecule has 8 heteroatoms. The molecule has 4 aromatic rings. The Balaban J connectivity index is 1.57. The molecule has 2 unspecified atom stereocenters. The van der Waals surface area contributed by atoms with Gasteiger partial charge < -0.3 is 20.3 Å². The van der Waals surface area contributed by atoms with E-state index in [1.165, 1.54) is 0 Å². The van der Waals surface area contributed by atoms with Crippen LogP contribution in [0.4, 0.5) is 11.6 Å². The van der Waals surface area contributed by atoms with Crippen LogP contribution in [0.3, 0.4) is 0 Å². The number of anilines is 2.